The van der Waals surface area contributed by atoms with Crippen LogP contribution < -0.4 is 10.2 Å². The first-order valence-electron chi connectivity index (χ1n) is 10.2. The van der Waals surface area contributed by atoms with Gasteiger partial charge in [0.15, 0.2) is 0 Å². The van der Waals surface area contributed by atoms with Gasteiger partial charge >= 0.3 is 0 Å². The van der Waals surface area contributed by atoms with Crippen LogP contribution in [0.25, 0.3) is 0 Å². The number of sulfonamides is 1. The largest absolute Gasteiger partial charge is 0.379 e. The first kappa shape index (κ1) is 22.7. The molecule has 1 aliphatic rings. The van der Waals surface area contributed by atoms with Crippen LogP contribution in [0, 0.1) is 0 Å². The second-order valence-corrected chi connectivity index (χ2v) is 9.97. The van der Waals surface area contributed by atoms with Gasteiger partial charge in [-0.05, 0) is 49.9 Å². The van der Waals surface area contributed by atoms with E-state index in [1.807, 2.05) is 31.4 Å². The molecule has 1 fully saturated rings. The van der Waals surface area contributed by atoms with E-state index in [4.69, 9.17) is 4.74 Å². The lowest BCUT2D eigenvalue weighted by Crippen LogP contribution is -2.40. The second kappa shape index (κ2) is 10.4. The molecular weight excluding hydrogens is 422 g/mol. The zero-order chi connectivity index (χ0) is 21.6. The molecule has 2 aromatic rings. The van der Waals surface area contributed by atoms with E-state index in [1.165, 1.54) is 4.31 Å². The highest BCUT2D eigenvalue weighted by Gasteiger charge is 2.27. The van der Waals surface area contributed by atoms with Gasteiger partial charge in [-0.25, -0.2) is 8.42 Å². The average molecular weight is 452 g/mol. The molecule has 0 bridgehead atoms. The van der Waals surface area contributed by atoms with Gasteiger partial charge in [0.25, 0.3) is 0 Å². The number of rotatable bonds is 9. The van der Waals surface area contributed by atoms with Gasteiger partial charge in [-0.1, -0.05) is 6.07 Å². The standard InChI is InChI=1S/C21H29N3O4S2/c1-3-23(4-2)20-9-8-18(30(26,27)24-11-13-28-14-12-24)16-19(20)22-21(25)10-7-17-6-5-15-29-17/h5-6,8-9,15-16H,3-4,7,10-14H2,1-2H3,(H,22,25). The molecule has 0 spiro atoms. The molecule has 2 heterocycles. The lowest BCUT2D eigenvalue weighted by Gasteiger charge is -2.28. The summed E-state index contributed by atoms with van der Waals surface area (Å²) >= 11 is 1.62. The molecule has 1 N–H and O–H groups in total. The summed E-state index contributed by atoms with van der Waals surface area (Å²) in [5, 5.41) is 4.95. The average Bonchev–Trinajstić information content (AvgIpc) is 3.28. The van der Waals surface area contributed by atoms with Crippen LogP contribution in [-0.4, -0.2) is 58.0 Å². The van der Waals surface area contributed by atoms with Crippen molar-refractivity contribution in [2.75, 3.05) is 49.6 Å². The maximum absolute atomic E-state index is 13.1. The van der Waals surface area contributed by atoms with Gasteiger partial charge in [0.1, 0.15) is 0 Å². The van der Waals surface area contributed by atoms with Gasteiger partial charge in [0.2, 0.25) is 15.9 Å². The Labute approximate surface area is 182 Å². The summed E-state index contributed by atoms with van der Waals surface area (Å²) in [6.45, 7) is 7.03. The summed E-state index contributed by atoms with van der Waals surface area (Å²) in [5.41, 5.74) is 1.36. The molecule has 9 heteroatoms. The maximum atomic E-state index is 13.1. The number of amides is 1. The first-order chi connectivity index (χ1) is 14.5. The summed E-state index contributed by atoms with van der Waals surface area (Å²) in [6, 6.07) is 8.97. The zero-order valence-electron chi connectivity index (χ0n) is 17.5. The van der Waals surface area contributed by atoms with Crippen LogP contribution in [0.3, 0.4) is 0 Å². The Kier molecular flexibility index (Phi) is 7.87. The Hall–Kier alpha value is -1.94. The Morgan fingerprint density at radius 3 is 2.57 bits per heavy atom. The third-order valence-electron chi connectivity index (χ3n) is 5.13. The van der Waals surface area contributed by atoms with Crippen molar-refractivity contribution < 1.29 is 17.9 Å². The lowest BCUT2D eigenvalue weighted by molar-refractivity contribution is -0.116. The van der Waals surface area contributed by atoms with Crippen molar-refractivity contribution in [3.8, 4) is 0 Å². The number of morpholine rings is 1. The number of carbonyl (C=O) groups is 1. The van der Waals surface area contributed by atoms with Crippen LogP contribution in [0.5, 0.6) is 0 Å². The quantitative estimate of drug-likeness (QED) is 0.633. The minimum Gasteiger partial charge on any atom is -0.379 e. The SMILES string of the molecule is CCN(CC)c1ccc(S(=O)(=O)N2CCOCC2)cc1NC(=O)CCc1cccs1. The summed E-state index contributed by atoms with van der Waals surface area (Å²) < 4.78 is 32.9. The van der Waals surface area contributed by atoms with Crippen LogP contribution in [0.1, 0.15) is 25.1 Å². The predicted octanol–water partition coefficient (Wildman–Crippen LogP) is 3.19. The van der Waals surface area contributed by atoms with Crippen molar-refractivity contribution in [1.29, 1.82) is 0 Å². The summed E-state index contributed by atoms with van der Waals surface area (Å²) in [6.07, 6.45) is 1.01. The molecule has 1 aromatic carbocycles. The third-order valence-corrected chi connectivity index (χ3v) is 7.96. The number of benzene rings is 1. The molecule has 0 atom stereocenters. The fraction of sp³-hybridized carbons (Fsp3) is 0.476. The van der Waals surface area contributed by atoms with E-state index in [9.17, 15) is 13.2 Å². The van der Waals surface area contributed by atoms with E-state index >= 15 is 0 Å². The molecule has 164 valence electrons. The molecule has 7 nitrogen and oxygen atoms in total. The van der Waals surface area contributed by atoms with Gasteiger partial charge in [-0.3, -0.25) is 4.79 Å². The highest BCUT2D eigenvalue weighted by Crippen LogP contribution is 2.31. The normalized spacial score (nSPS) is 15.1. The molecule has 1 aliphatic heterocycles. The van der Waals surface area contributed by atoms with E-state index in [2.05, 4.69) is 10.2 Å². The number of hydrogen-bond donors (Lipinski definition) is 1. The van der Waals surface area contributed by atoms with Crippen molar-refractivity contribution in [2.24, 2.45) is 0 Å². The number of carbonyl (C=O) groups excluding carboxylic acids is 1. The number of anilines is 2. The van der Waals surface area contributed by atoms with E-state index in [0.29, 0.717) is 44.8 Å². The van der Waals surface area contributed by atoms with Crippen LogP contribution in [-0.2, 0) is 26.0 Å². The van der Waals surface area contributed by atoms with E-state index < -0.39 is 10.0 Å². The van der Waals surface area contributed by atoms with Crippen molar-refractivity contribution in [3.63, 3.8) is 0 Å². The number of nitrogens with one attached hydrogen (secondary N) is 1. The molecule has 3 rings (SSSR count). The minimum absolute atomic E-state index is 0.127. The molecule has 1 aromatic heterocycles. The molecule has 1 amide bonds. The Morgan fingerprint density at radius 1 is 1.20 bits per heavy atom. The van der Waals surface area contributed by atoms with E-state index in [0.717, 1.165) is 23.7 Å². The number of ether oxygens (including phenoxy) is 1. The summed E-state index contributed by atoms with van der Waals surface area (Å²) in [4.78, 5) is 16.1. The zero-order valence-corrected chi connectivity index (χ0v) is 19.1. The second-order valence-electron chi connectivity index (χ2n) is 7.00. The minimum atomic E-state index is -3.64. The molecule has 1 saturated heterocycles. The summed E-state index contributed by atoms with van der Waals surface area (Å²) in [7, 11) is -3.64. The Morgan fingerprint density at radius 2 is 1.93 bits per heavy atom. The van der Waals surface area contributed by atoms with Gasteiger partial charge in [-0.2, -0.15) is 4.31 Å². The molecule has 0 radical (unpaired) electrons. The van der Waals surface area contributed by atoms with Crippen molar-refractivity contribution in [1.82, 2.24) is 4.31 Å². The summed E-state index contributed by atoms with van der Waals surface area (Å²) in [5.74, 6) is -0.127. The van der Waals surface area contributed by atoms with Crippen LogP contribution in [0.2, 0.25) is 0 Å². The van der Waals surface area contributed by atoms with Crippen LogP contribution in [0.15, 0.2) is 40.6 Å². The third kappa shape index (κ3) is 5.40. The van der Waals surface area contributed by atoms with Crippen molar-refractivity contribution in [2.45, 2.75) is 31.6 Å². The Bertz CT molecular complexity index is 935. The van der Waals surface area contributed by atoms with Crippen LogP contribution in [0.4, 0.5) is 11.4 Å². The maximum Gasteiger partial charge on any atom is 0.243 e. The topological polar surface area (TPSA) is 79.0 Å². The fourth-order valence-electron chi connectivity index (χ4n) is 3.46. The number of nitrogens with zero attached hydrogens (tertiary/aromatic N) is 2. The molecule has 0 saturated carbocycles. The molecule has 0 unspecified atom stereocenters. The lowest BCUT2D eigenvalue weighted by atomic mass is 10.2. The highest BCUT2D eigenvalue weighted by molar-refractivity contribution is 7.89. The fourth-order valence-corrected chi connectivity index (χ4v) is 5.60. The highest BCUT2D eigenvalue weighted by atomic mass is 32.2. The first-order valence-corrected chi connectivity index (χ1v) is 12.6. The monoisotopic (exact) mass is 451 g/mol. The Balaban J connectivity index is 1.85. The van der Waals surface area contributed by atoms with Crippen LogP contribution >= 0.6 is 11.3 Å². The van der Waals surface area contributed by atoms with Crippen molar-refractivity contribution >= 4 is 38.6 Å². The smallest absolute Gasteiger partial charge is 0.243 e. The van der Waals surface area contributed by atoms with Gasteiger partial charge in [-0.15, -0.1) is 11.3 Å². The van der Waals surface area contributed by atoms with E-state index in [1.54, 1.807) is 29.5 Å². The van der Waals surface area contributed by atoms with Gasteiger partial charge < -0.3 is 15.0 Å². The number of thiophene rings is 1. The molecular formula is C21H29N3O4S2. The van der Waals surface area contributed by atoms with Crippen molar-refractivity contribution in [3.05, 3.63) is 40.6 Å². The van der Waals surface area contributed by atoms with E-state index in [-0.39, 0.29) is 10.8 Å². The van der Waals surface area contributed by atoms with Gasteiger partial charge in [0.05, 0.1) is 29.5 Å². The molecule has 0 aliphatic carbocycles. The number of hydrogen-bond acceptors (Lipinski definition) is 6. The number of aryl methyl sites for hydroxylation is 1. The predicted molar refractivity (Wildman–Crippen MR) is 121 cm³/mol. The van der Waals surface area contributed by atoms with Gasteiger partial charge in [0, 0.05) is 37.5 Å². The molecule has 30 heavy (non-hydrogen) atoms.